The van der Waals surface area contributed by atoms with Crippen LogP contribution in [0, 0.1) is 0 Å². The third kappa shape index (κ3) is 5.42. The molecule has 1 aliphatic heterocycles. The largest absolute Gasteiger partial charge is 0.483 e. The monoisotopic (exact) mass is 513 g/mol. The smallest absolute Gasteiger partial charge is 0.280 e. The molecule has 1 heterocycles. The zero-order valence-corrected chi connectivity index (χ0v) is 20.2. The zero-order chi connectivity index (χ0) is 24.2. The topological polar surface area (TPSA) is 71.0 Å². The van der Waals surface area contributed by atoms with Gasteiger partial charge in [0.05, 0.1) is 27.0 Å². The summed E-state index contributed by atoms with van der Waals surface area (Å²) < 4.78 is 5.73. The average molecular weight is 515 g/mol. The molecular formula is C25H18Cl3N3O3. The van der Waals surface area contributed by atoms with E-state index in [0.717, 1.165) is 0 Å². The standard InChI is InChI=1S/C25H18Cl3N3O3/c1-15-20(25(33)31(30-15)19-5-3-2-4-6-19)12-16-11-17(26)7-10-23(16)34-14-24(32)29-18-8-9-21(27)22(28)13-18/h2-13H,14H2,1H3,(H,29,32)/b20-12-. The normalized spacial score (nSPS) is 14.4. The maximum atomic E-state index is 13.0. The summed E-state index contributed by atoms with van der Waals surface area (Å²) in [6.07, 6.45) is 1.65. The first-order chi connectivity index (χ1) is 16.3. The lowest BCUT2D eigenvalue weighted by molar-refractivity contribution is -0.118. The van der Waals surface area contributed by atoms with Crippen LogP contribution in [0.3, 0.4) is 0 Å². The molecule has 0 fully saturated rings. The SMILES string of the molecule is CC1=NN(c2ccccc2)C(=O)/C1=C\c1cc(Cl)ccc1OCC(=O)Nc1ccc(Cl)c(Cl)c1. The minimum Gasteiger partial charge on any atom is -0.483 e. The number of hydrogen-bond acceptors (Lipinski definition) is 4. The average Bonchev–Trinajstić information content (AvgIpc) is 3.10. The quantitative estimate of drug-likeness (QED) is 0.383. The lowest BCUT2D eigenvalue weighted by atomic mass is 10.1. The molecule has 3 aromatic rings. The summed E-state index contributed by atoms with van der Waals surface area (Å²) in [4.78, 5) is 25.4. The molecule has 2 amide bonds. The van der Waals surface area contributed by atoms with Crippen LogP contribution in [0.4, 0.5) is 11.4 Å². The summed E-state index contributed by atoms with van der Waals surface area (Å²) in [6.45, 7) is 1.48. The first-order valence-corrected chi connectivity index (χ1v) is 11.3. The number of benzene rings is 3. The maximum Gasteiger partial charge on any atom is 0.280 e. The van der Waals surface area contributed by atoms with Crippen LogP contribution in [-0.4, -0.2) is 24.1 Å². The van der Waals surface area contributed by atoms with Gasteiger partial charge in [0.2, 0.25) is 0 Å². The molecule has 0 aliphatic carbocycles. The lowest BCUT2D eigenvalue weighted by Gasteiger charge is -2.12. The van der Waals surface area contributed by atoms with E-state index in [2.05, 4.69) is 10.4 Å². The lowest BCUT2D eigenvalue weighted by Crippen LogP contribution is -2.21. The Kier molecular flexibility index (Phi) is 7.22. The van der Waals surface area contributed by atoms with E-state index in [9.17, 15) is 9.59 Å². The van der Waals surface area contributed by atoms with Gasteiger partial charge in [-0.05, 0) is 61.5 Å². The van der Waals surface area contributed by atoms with E-state index >= 15 is 0 Å². The molecule has 0 spiro atoms. The van der Waals surface area contributed by atoms with Gasteiger partial charge in [0.15, 0.2) is 6.61 Å². The fraction of sp³-hybridized carbons (Fsp3) is 0.0800. The molecule has 34 heavy (non-hydrogen) atoms. The number of para-hydroxylation sites is 1. The Labute approximate surface area is 211 Å². The Bertz CT molecular complexity index is 1320. The predicted molar refractivity (Wildman–Crippen MR) is 137 cm³/mol. The predicted octanol–water partition coefficient (Wildman–Crippen LogP) is 6.47. The van der Waals surface area contributed by atoms with E-state index in [-0.39, 0.29) is 12.5 Å². The van der Waals surface area contributed by atoms with Crippen molar-refractivity contribution in [3.8, 4) is 5.75 Å². The number of ether oxygens (including phenoxy) is 1. The van der Waals surface area contributed by atoms with Crippen LogP contribution in [0.2, 0.25) is 15.1 Å². The van der Waals surface area contributed by atoms with E-state index in [1.807, 2.05) is 18.2 Å². The number of carbonyl (C=O) groups excluding carboxylic acids is 2. The van der Waals surface area contributed by atoms with Crippen molar-refractivity contribution in [1.82, 2.24) is 0 Å². The number of amides is 2. The molecular weight excluding hydrogens is 497 g/mol. The van der Waals surface area contributed by atoms with Crippen LogP contribution in [0.5, 0.6) is 5.75 Å². The van der Waals surface area contributed by atoms with Crippen molar-refractivity contribution in [1.29, 1.82) is 0 Å². The van der Waals surface area contributed by atoms with Gasteiger partial charge >= 0.3 is 0 Å². The Morgan fingerprint density at radius 1 is 1.03 bits per heavy atom. The van der Waals surface area contributed by atoms with Gasteiger partial charge in [0.25, 0.3) is 11.8 Å². The van der Waals surface area contributed by atoms with Crippen molar-refractivity contribution in [3.63, 3.8) is 0 Å². The van der Waals surface area contributed by atoms with E-state index in [1.54, 1.807) is 61.5 Å². The van der Waals surface area contributed by atoms with Gasteiger partial charge in [-0.1, -0.05) is 53.0 Å². The van der Waals surface area contributed by atoms with Gasteiger partial charge in [-0.25, -0.2) is 0 Å². The van der Waals surface area contributed by atoms with Crippen molar-refractivity contribution in [2.24, 2.45) is 5.10 Å². The highest BCUT2D eigenvalue weighted by atomic mass is 35.5. The number of carbonyl (C=O) groups is 2. The molecule has 0 unspecified atom stereocenters. The van der Waals surface area contributed by atoms with Gasteiger partial charge in [-0.2, -0.15) is 10.1 Å². The molecule has 0 saturated heterocycles. The molecule has 6 nitrogen and oxygen atoms in total. The Morgan fingerprint density at radius 3 is 2.53 bits per heavy atom. The van der Waals surface area contributed by atoms with Crippen LogP contribution in [0.1, 0.15) is 12.5 Å². The summed E-state index contributed by atoms with van der Waals surface area (Å²) in [6, 6.07) is 18.9. The van der Waals surface area contributed by atoms with Crippen molar-refractivity contribution in [3.05, 3.63) is 92.9 Å². The molecule has 3 aromatic carbocycles. The van der Waals surface area contributed by atoms with Gasteiger partial charge in [0, 0.05) is 16.3 Å². The third-order valence-electron chi connectivity index (χ3n) is 4.90. The summed E-state index contributed by atoms with van der Waals surface area (Å²) >= 11 is 18.1. The van der Waals surface area contributed by atoms with Crippen LogP contribution in [-0.2, 0) is 9.59 Å². The van der Waals surface area contributed by atoms with Crippen LogP contribution in [0.25, 0.3) is 6.08 Å². The molecule has 0 aromatic heterocycles. The Balaban J connectivity index is 1.51. The number of nitrogens with one attached hydrogen (secondary N) is 1. The second-order valence-electron chi connectivity index (χ2n) is 7.34. The summed E-state index contributed by atoms with van der Waals surface area (Å²) in [5, 5.41) is 9.59. The number of nitrogens with zero attached hydrogens (tertiary/aromatic N) is 2. The van der Waals surface area contributed by atoms with E-state index in [4.69, 9.17) is 39.5 Å². The molecule has 9 heteroatoms. The second-order valence-corrected chi connectivity index (χ2v) is 8.59. The highest BCUT2D eigenvalue weighted by molar-refractivity contribution is 6.42. The number of halogens is 3. The van der Waals surface area contributed by atoms with Gasteiger partial charge < -0.3 is 10.1 Å². The molecule has 0 bridgehead atoms. The van der Waals surface area contributed by atoms with Crippen LogP contribution >= 0.6 is 34.8 Å². The molecule has 0 atom stereocenters. The van der Waals surface area contributed by atoms with E-state index in [0.29, 0.717) is 49.0 Å². The van der Waals surface area contributed by atoms with Crippen LogP contribution < -0.4 is 15.1 Å². The summed E-state index contributed by atoms with van der Waals surface area (Å²) in [5.74, 6) is -0.274. The first-order valence-electron chi connectivity index (χ1n) is 10.2. The van der Waals surface area contributed by atoms with E-state index < -0.39 is 5.91 Å². The fourth-order valence-corrected chi connectivity index (χ4v) is 3.74. The highest BCUT2D eigenvalue weighted by Crippen LogP contribution is 2.30. The fourth-order valence-electron chi connectivity index (χ4n) is 3.26. The number of hydrazone groups is 1. The van der Waals surface area contributed by atoms with Crippen LogP contribution in [0.15, 0.2) is 77.4 Å². The summed E-state index contributed by atoms with van der Waals surface area (Å²) in [7, 11) is 0. The van der Waals surface area contributed by atoms with Gasteiger partial charge in [-0.3, -0.25) is 9.59 Å². The molecule has 0 saturated carbocycles. The molecule has 4 rings (SSSR count). The van der Waals surface area contributed by atoms with Crippen molar-refractivity contribution in [2.45, 2.75) is 6.92 Å². The molecule has 172 valence electrons. The number of anilines is 2. The first kappa shape index (κ1) is 23.8. The van der Waals surface area contributed by atoms with Crippen molar-refractivity contribution >= 4 is 69.8 Å². The number of hydrogen-bond donors (Lipinski definition) is 1. The molecule has 0 radical (unpaired) electrons. The Hall–Kier alpha value is -3.32. The zero-order valence-electron chi connectivity index (χ0n) is 17.9. The number of rotatable bonds is 6. The van der Waals surface area contributed by atoms with Crippen molar-refractivity contribution < 1.29 is 14.3 Å². The van der Waals surface area contributed by atoms with Gasteiger partial charge in [0.1, 0.15) is 5.75 Å². The molecule has 1 N–H and O–H groups in total. The Morgan fingerprint density at radius 2 is 1.79 bits per heavy atom. The minimum atomic E-state index is -0.392. The molecule has 1 aliphatic rings. The third-order valence-corrected chi connectivity index (χ3v) is 5.87. The van der Waals surface area contributed by atoms with Gasteiger partial charge in [-0.15, -0.1) is 0 Å². The summed E-state index contributed by atoms with van der Waals surface area (Å²) in [5.41, 5.74) is 2.65. The minimum absolute atomic E-state index is 0.269. The second kappa shape index (κ2) is 10.3. The maximum absolute atomic E-state index is 13.0. The van der Waals surface area contributed by atoms with Crippen molar-refractivity contribution in [2.75, 3.05) is 16.9 Å². The highest BCUT2D eigenvalue weighted by Gasteiger charge is 2.29. The van der Waals surface area contributed by atoms with E-state index in [1.165, 1.54) is 5.01 Å².